The summed E-state index contributed by atoms with van der Waals surface area (Å²) in [6.07, 6.45) is 2.09. The molecule has 4 heteroatoms. The van der Waals surface area contributed by atoms with Crippen molar-refractivity contribution < 1.29 is 13.3 Å². The first kappa shape index (κ1) is 14.1. The van der Waals surface area contributed by atoms with E-state index >= 15 is 0 Å². The van der Waals surface area contributed by atoms with Gasteiger partial charge in [0, 0.05) is 25.9 Å². The van der Waals surface area contributed by atoms with Gasteiger partial charge in [-0.2, -0.15) is 0 Å². The summed E-state index contributed by atoms with van der Waals surface area (Å²) in [6.45, 7) is 9.99. The van der Waals surface area contributed by atoms with E-state index in [0.717, 1.165) is 12.8 Å². The van der Waals surface area contributed by atoms with E-state index in [2.05, 4.69) is 13.0 Å². The van der Waals surface area contributed by atoms with Gasteiger partial charge >= 0.3 is 8.80 Å². The molecule has 0 heterocycles. The third-order valence-corrected chi connectivity index (χ3v) is 4.58. The third kappa shape index (κ3) is 5.10. The minimum Gasteiger partial charge on any atom is -0.374 e. The van der Waals surface area contributed by atoms with Crippen molar-refractivity contribution in [3.05, 3.63) is 6.04 Å². The molecule has 0 aromatic rings. The topological polar surface area (TPSA) is 27.7 Å². The Morgan fingerprint density at radius 3 is 1.57 bits per heavy atom. The van der Waals surface area contributed by atoms with Crippen molar-refractivity contribution in [2.45, 2.75) is 40.5 Å². The van der Waals surface area contributed by atoms with Gasteiger partial charge in [-0.1, -0.05) is 13.3 Å². The van der Waals surface area contributed by atoms with Crippen molar-refractivity contribution in [3.63, 3.8) is 0 Å². The van der Waals surface area contributed by atoms with Gasteiger partial charge in [-0.25, -0.2) is 0 Å². The highest BCUT2D eigenvalue weighted by Gasteiger charge is 2.39. The molecule has 3 nitrogen and oxygen atoms in total. The molecule has 0 unspecified atom stereocenters. The van der Waals surface area contributed by atoms with E-state index < -0.39 is 8.80 Å². The largest absolute Gasteiger partial charge is 0.504 e. The van der Waals surface area contributed by atoms with E-state index in [-0.39, 0.29) is 0 Å². The molecule has 0 fully saturated rings. The highest BCUT2D eigenvalue weighted by atomic mass is 28.4. The number of unbranched alkanes of at least 4 members (excludes halogenated alkanes) is 1. The quantitative estimate of drug-likeness (QED) is 0.558. The zero-order valence-corrected chi connectivity index (χ0v) is 10.8. The summed E-state index contributed by atoms with van der Waals surface area (Å²) in [4.78, 5) is 0. The zero-order chi connectivity index (χ0) is 10.9. The van der Waals surface area contributed by atoms with Crippen LogP contribution in [0.1, 0.15) is 40.5 Å². The summed E-state index contributed by atoms with van der Waals surface area (Å²) in [6, 6.07) is 2.10. The number of rotatable bonds is 9. The molecule has 85 valence electrons. The van der Waals surface area contributed by atoms with Crippen molar-refractivity contribution in [1.82, 2.24) is 0 Å². The predicted octanol–water partition coefficient (Wildman–Crippen LogP) is 2.58. The first-order valence-electron chi connectivity index (χ1n) is 5.50. The Kier molecular flexibility index (Phi) is 8.47. The van der Waals surface area contributed by atoms with E-state index in [9.17, 15) is 0 Å². The molecule has 0 aromatic carbocycles. The second-order valence-electron chi connectivity index (χ2n) is 2.90. The van der Waals surface area contributed by atoms with Crippen LogP contribution in [0.2, 0.25) is 0 Å². The molecule has 0 atom stereocenters. The van der Waals surface area contributed by atoms with Gasteiger partial charge in [0.05, 0.1) is 0 Å². The van der Waals surface area contributed by atoms with E-state index in [4.69, 9.17) is 13.3 Å². The Bertz CT molecular complexity index is 114. The van der Waals surface area contributed by atoms with Crippen molar-refractivity contribution in [2.75, 3.05) is 19.8 Å². The second-order valence-corrected chi connectivity index (χ2v) is 5.38. The van der Waals surface area contributed by atoms with Crippen LogP contribution in [0, 0.1) is 6.04 Å². The fourth-order valence-corrected chi connectivity index (χ4v) is 3.68. The van der Waals surface area contributed by atoms with Gasteiger partial charge in [-0.3, -0.25) is 0 Å². The van der Waals surface area contributed by atoms with Crippen molar-refractivity contribution >= 4 is 8.80 Å². The molecule has 14 heavy (non-hydrogen) atoms. The van der Waals surface area contributed by atoms with Crippen LogP contribution < -0.4 is 0 Å². The number of hydrogen-bond donors (Lipinski definition) is 0. The molecular formula is C10H23O3Si. The van der Waals surface area contributed by atoms with Gasteiger partial charge in [0.1, 0.15) is 0 Å². The molecule has 0 rings (SSSR count). The summed E-state index contributed by atoms with van der Waals surface area (Å²) in [5, 5.41) is 0. The maximum Gasteiger partial charge on any atom is 0.504 e. The van der Waals surface area contributed by atoms with Crippen molar-refractivity contribution in [1.29, 1.82) is 0 Å². The van der Waals surface area contributed by atoms with Crippen LogP contribution in [0.5, 0.6) is 0 Å². The summed E-state index contributed by atoms with van der Waals surface area (Å²) in [5.41, 5.74) is 0. The fourth-order valence-electron chi connectivity index (χ4n) is 1.23. The molecule has 0 amide bonds. The molecule has 0 saturated heterocycles. The van der Waals surface area contributed by atoms with Crippen LogP contribution in [-0.2, 0) is 13.3 Å². The molecule has 0 saturated carbocycles. The van der Waals surface area contributed by atoms with E-state index in [0.29, 0.717) is 19.8 Å². The molecule has 1 radical (unpaired) electrons. The smallest absolute Gasteiger partial charge is 0.374 e. The molecule has 0 aliphatic carbocycles. The molecule has 0 spiro atoms. The average molecular weight is 219 g/mol. The van der Waals surface area contributed by atoms with E-state index in [1.54, 1.807) is 0 Å². The maximum atomic E-state index is 5.65. The van der Waals surface area contributed by atoms with Crippen LogP contribution >= 0.6 is 0 Å². The summed E-state index contributed by atoms with van der Waals surface area (Å²) in [5.74, 6) is 0. The van der Waals surface area contributed by atoms with Gasteiger partial charge in [0.15, 0.2) is 0 Å². The summed E-state index contributed by atoms with van der Waals surface area (Å²) in [7, 11) is -2.44. The van der Waals surface area contributed by atoms with Crippen molar-refractivity contribution in [3.8, 4) is 0 Å². The van der Waals surface area contributed by atoms with Crippen LogP contribution in [0.15, 0.2) is 0 Å². The van der Waals surface area contributed by atoms with Crippen LogP contribution in [-0.4, -0.2) is 28.6 Å². The van der Waals surface area contributed by atoms with Crippen LogP contribution in [0.25, 0.3) is 0 Å². The molecular weight excluding hydrogens is 196 g/mol. The Morgan fingerprint density at radius 2 is 1.29 bits per heavy atom. The standard InChI is InChI=1S/C10H23O3Si/c1-5-9-10-14(11-6-2,12-7-3)13-8-4/h10H,5-9H2,1-4H3. The SMILES string of the molecule is CCC[CH][Si](OCC)(OCC)OCC. The second kappa shape index (κ2) is 8.41. The van der Waals surface area contributed by atoms with Gasteiger partial charge in [0.2, 0.25) is 0 Å². The van der Waals surface area contributed by atoms with E-state index in [1.807, 2.05) is 20.8 Å². The summed E-state index contributed by atoms with van der Waals surface area (Å²) >= 11 is 0. The summed E-state index contributed by atoms with van der Waals surface area (Å²) < 4.78 is 17.0. The lowest BCUT2D eigenvalue weighted by atomic mass is 10.4. The van der Waals surface area contributed by atoms with Gasteiger partial charge in [-0.05, 0) is 27.2 Å². The number of hydrogen-bond acceptors (Lipinski definition) is 3. The molecule has 0 aromatic heterocycles. The predicted molar refractivity (Wildman–Crippen MR) is 59.8 cm³/mol. The van der Waals surface area contributed by atoms with Crippen LogP contribution in [0.3, 0.4) is 0 Å². The fraction of sp³-hybridized carbons (Fsp3) is 0.900. The lowest BCUT2D eigenvalue weighted by Crippen LogP contribution is -2.47. The minimum absolute atomic E-state index is 0.645. The monoisotopic (exact) mass is 219 g/mol. The Labute approximate surface area is 89.1 Å². The highest BCUT2D eigenvalue weighted by molar-refractivity contribution is 6.64. The average Bonchev–Trinajstić information content (AvgIpc) is 2.16. The first-order valence-corrected chi connectivity index (χ1v) is 7.31. The minimum atomic E-state index is -2.44. The lowest BCUT2D eigenvalue weighted by Gasteiger charge is -2.27. The highest BCUT2D eigenvalue weighted by Crippen LogP contribution is 2.16. The first-order chi connectivity index (χ1) is 6.74. The van der Waals surface area contributed by atoms with Crippen LogP contribution in [0.4, 0.5) is 0 Å². The Morgan fingerprint density at radius 1 is 0.857 bits per heavy atom. The maximum absolute atomic E-state index is 5.65. The molecule has 0 aliphatic heterocycles. The molecule has 0 bridgehead atoms. The van der Waals surface area contributed by atoms with Gasteiger partial charge in [0.25, 0.3) is 0 Å². The van der Waals surface area contributed by atoms with Crippen molar-refractivity contribution in [2.24, 2.45) is 0 Å². The van der Waals surface area contributed by atoms with Gasteiger partial charge in [-0.15, -0.1) is 0 Å². The van der Waals surface area contributed by atoms with Gasteiger partial charge < -0.3 is 13.3 Å². The normalized spacial score (nSPS) is 12.0. The molecule has 0 N–H and O–H groups in total. The molecule has 0 aliphatic rings. The zero-order valence-electron chi connectivity index (χ0n) is 9.84. The van der Waals surface area contributed by atoms with E-state index in [1.165, 1.54) is 0 Å². The lowest BCUT2D eigenvalue weighted by molar-refractivity contribution is 0.0786. The third-order valence-electron chi connectivity index (χ3n) is 1.72. The Hall–Kier alpha value is 0.0969. The Balaban J connectivity index is 4.21.